The van der Waals surface area contributed by atoms with Gasteiger partial charge in [0.25, 0.3) is 0 Å². The van der Waals surface area contributed by atoms with Crippen molar-refractivity contribution < 1.29 is 4.79 Å². The van der Waals surface area contributed by atoms with E-state index >= 15 is 0 Å². The average Bonchev–Trinajstić information content (AvgIpc) is 3.09. The summed E-state index contributed by atoms with van der Waals surface area (Å²) in [6.07, 6.45) is 3.01. The first-order chi connectivity index (χ1) is 14.7. The first-order valence-corrected chi connectivity index (χ1v) is 11.5. The molecule has 0 radical (unpaired) electrons. The van der Waals surface area contributed by atoms with Crippen LogP contribution in [0.4, 0.5) is 5.13 Å². The molecular weight excluding hydrogens is 416 g/mol. The number of rotatable bonds is 6. The molecule has 30 heavy (non-hydrogen) atoms. The van der Waals surface area contributed by atoms with Crippen LogP contribution >= 0.6 is 23.1 Å². The third-order valence-electron chi connectivity index (χ3n) is 5.32. The molecule has 5 nitrogen and oxygen atoms in total. The number of aryl methyl sites for hydroxylation is 1. The zero-order valence-electron chi connectivity index (χ0n) is 16.8. The highest BCUT2D eigenvalue weighted by atomic mass is 35.5. The maximum Gasteiger partial charge on any atom is 0.222 e. The van der Waals surface area contributed by atoms with Gasteiger partial charge in [-0.15, -0.1) is 0 Å². The van der Waals surface area contributed by atoms with Crippen molar-refractivity contribution in [3.8, 4) is 0 Å². The first kappa shape index (κ1) is 20.8. The van der Waals surface area contributed by atoms with E-state index in [1.165, 1.54) is 17.1 Å². The number of hydrogen-bond donors (Lipinski definition) is 0. The van der Waals surface area contributed by atoms with Gasteiger partial charge in [0.15, 0.2) is 0 Å². The molecule has 0 atom stereocenters. The second-order valence-electron chi connectivity index (χ2n) is 7.50. The van der Waals surface area contributed by atoms with Crippen molar-refractivity contribution >= 4 is 34.2 Å². The Morgan fingerprint density at radius 1 is 0.967 bits per heavy atom. The molecule has 156 valence electrons. The fraction of sp³-hybridized carbons (Fsp3) is 0.348. The minimum atomic E-state index is 0.237. The number of aromatic nitrogens is 2. The lowest BCUT2D eigenvalue weighted by Gasteiger charge is -2.21. The molecule has 0 bridgehead atoms. The van der Waals surface area contributed by atoms with Gasteiger partial charge >= 0.3 is 0 Å². The third-order valence-corrected chi connectivity index (χ3v) is 6.39. The van der Waals surface area contributed by atoms with Crippen molar-refractivity contribution in [1.82, 2.24) is 14.3 Å². The van der Waals surface area contributed by atoms with Gasteiger partial charge in [0.1, 0.15) is 5.82 Å². The molecular formula is C23H25ClN4OS. The Morgan fingerprint density at radius 3 is 2.57 bits per heavy atom. The lowest BCUT2D eigenvalue weighted by atomic mass is 10.1. The van der Waals surface area contributed by atoms with Crippen molar-refractivity contribution in [2.45, 2.75) is 25.7 Å². The largest absolute Gasteiger partial charge is 0.345 e. The number of benzene rings is 2. The average molecular weight is 441 g/mol. The molecule has 0 N–H and O–H groups in total. The second kappa shape index (κ2) is 10.0. The van der Waals surface area contributed by atoms with Crippen molar-refractivity contribution in [2.24, 2.45) is 0 Å². The summed E-state index contributed by atoms with van der Waals surface area (Å²) in [6.45, 7) is 3.24. The molecule has 1 aliphatic rings. The SMILES string of the molecule is O=C(CCc1ccccc1)N1CCCN(c2nc(Cc3ccc(Cl)cc3)ns2)CC1. The van der Waals surface area contributed by atoms with Gasteiger partial charge in [-0.2, -0.15) is 4.37 Å². The molecule has 0 saturated carbocycles. The van der Waals surface area contributed by atoms with Crippen LogP contribution in [0.25, 0.3) is 0 Å². The summed E-state index contributed by atoms with van der Waals surface area (Å²) < 4.78 is 4.53. The zero-order chi connectivity index (χ0) is 20.8. The fourth-order valence-electron chi connectivity index (χ4n) is 3.64. The maximum atomic E-state index is 12.7. The van der Waals surface area contributed by atoms with E-state index in [4.69, 9.17) is 16.6 Å². The summed E-state index contributed by atoms with van der Waals surface area (Å²) in [4.78, 5) is 21.7. The number of hydrogen-bond acceptors (Lipinski definition) is 5. The summed E-state index contributed by atoms with van der Waals surface area (Å²) in [7, 11) is 0. The van der Waals surface area contributed by atoms with Crippen LogP contribution in [-0.4, -0.2) is 46.3 Å². The third kappa shape index (κ3) is 5.58. The monoisotopic (exact) mass is 440 g/mol. The van der Waals surface area contributed by atoms with E-state index < -0.39 is 0 Å². The Kier molecular flexibility index (Phi) is 6.97. The molecule has 7 heteroatoms. The summed E-state index contributed by atoms with van der Waals surface area (Å²) >= 11 is 7.40. The van der Waals surface area contributed by atoms with Gasteiger partial charge in [0.05, 0.1) is 0 Å². The van der Waals surface area contributed by atoms with Crippen LogP contribution in [-0.2, 0) is 17.6 Å². The Hall–Kier alpha value is -2.44. The van der Waals surface area contributed by atoms with Gasteiger partial charge < -0.3 is 9.80 Å². The second-order valence-corrected chi connectivity index (χ2v) is 8.67. The Morgan fingerprint density at radius 2 is 1.77 bits per heavy atom. The smallest absolute Gasteiger partial charge is 0.222 e. The molecule has 2 aromatic carbocycles. The molecule has 1 fully saturated rings. The highest BCUT2D eigenvalue weighted by molar-refractivity contribution is 7.09. The molecule has 3 aromatic rings. The quantitative estimate of drug-likeness (QED) is 0.568. The van der Waals surface area contributed by atoms with E-state index in [0.29, 0.717) is 12.8 Å². The first-order valence-electron chi connectivity index (χ1n) is 10.3. The Bertz CT molecular complexity index is 961. The molecule has 0 aliphatic carbocycles. The van der Waals surface area contributed by atoms with E-state index in [1.807, 2.05) is 47.4 Å². The normalized spacial score (nSPS) is 14.6. The van der Waals surface area contributed by atoms with Crippen LogP contribution in [0.3, 0.4) is 0 Å². The van der Waals surface area contributed by atoms with E-state index in [1.54, 1.807) is 0 Å². The molecule has 2 heterocycles. The van der Waals surface area contributed by atoms with Crippen LogP contribution in [0.5, 0.6) is 0 Å². The van der Waals surface area contributed by atoms with Crippen molar-refractivity contribution in [3.05, 3.63) is 76.6 Å². The highest BCUT2D eigenvalue weighted by Gasteiger charge is 2.21. The minimum Gasteiger partial charge on any atom is -0.345 e. The van der Waals surface area contributed by atoms with E-state index in [9.17, 15) is 4.79 Å². The molecule has 1 amide bonds. The van der Waals surface area contributed by atoms with Gasteiger partial charge in [-0.3, -0.25) is 4.79 Å². The molecule has 1 aliphatic heterocycles. The topological polar surface area (TPSA) is 49.3 Å². The van der Waals surface area contributed by atoms with Crippen LogP contribution in [0.1, 0.15) is 29.8 Å². The molecule has 0 unspecified atom stereocenters. The maximum absolute atomic E-state index is 12.7. The number of amides is 1. The van der Waals surface area contributed by atoms with E-state index in [2.05, 4.69) is 21.4 Å². The zero-order valence-corrected chi connectivity index (χ0v) is 18.4. The van der Waals surface area contributed by atoms with Crippen LogP contribution < -0.4 is 4.90 Å². The number of nitrogens with zero attached hydrogens (tertiary/aromatic N) is 4. The standard InChI is InChI=1S/C23H25ClN4OS/c24-20-10-7-19(8-11-20)17-21-25-23(30-26-21)28-14-4-13-27(15-16-28)22(29)12-9-18-5-2-1-3-6-18/h1-3,5-8,10-11H,4,9,12-17H2. The van der Waals surface area contributed by atoms with Crippen LogP contribution in [0.2, 0.25) is 5.02 Å². The minimum absolute atomic E-state index is 0.237. The summed E-state index contributed by atoms with van der Waals surface area (Å²) in [5, 5.41) is 1.68. The van der Waals surface area contributed by atoms with E-state index in [-0.39, 0.29) is 5.91 Å². The molecule has 0 spiro atoms. The predicted molar refractivity (Wildman–Crippen MR) is 122 cm³/mol. The molecule has 1 aromatic heterocycles. The predicted octanol–water partition coefficient (Wildman–Crippen LogP) is 4.45. The summed E-state index contributed by atoms with van der Waals surface area (Å²) in [6, 6.07) is 18.0. The Balaban J connectivity index is 1.30. The molecule has 1 saturated heterocycles. The van der Waals surface area contributed by atoms with E-state index in [0.717, 1.165) is 60.6 Å². The summed E-state index contributed by atoms with van der Waals surface area (Å²) in [5.41, 5.74) is 2.36. The molecule has 4 rings (SSSR count). The summed E-state index contributed by atoms with van der Waals surface area (Å²) in [5.74, 6) is 1.07. The highest BCUT2D eigenvalue weighted by Crippen LogP contribution is 2.21. The Labute approximate surface area is 186 Å². The number of carbonyl (C=O) groups is 1. The van der Waals surface area contributed by atoms with Crippen LogP contribution in [0.15, 0.2) is 54.6 Å². The van der Waals surface area contributed by atoms with Crippen molar-refractivity contribution in [1.29, 1.82) is 0 Å². The lowest BCUT2D eigenvalue weighted by Crippen LogP contribution is -2.35. The van der Waals surface area contributed by atoms with Gasteiger partial charge in [0.2, 0.25) is 11.0 Å². The fourth-order valence-corrected chi connectivity index (χ4v) is 4.50. The van der Waals surface area contributed by atoms with Crippen molar-refractivity contribution in [2.75, 3.05) is 31.1 Å². The van der Waals surface area contributed by atoms with Gasteiger partial charge in [-0.1, -0.05) is 54.1 Å². The van der Waals surface area contributed by atoms with Gasteiger partial charge in [0, 0.05) is 55.6 Å². The van der Waals surface area contributed by atoms with Crippen LogP contribution in [0, 0.1) is 0 Å². The van der Waals surface area contributed by atoms with Gasteiger partial charge in [-0.05, 0) is 36.1 Å². The number of carbonyl (C=O) groups excluding carboxylic acids is 1. The van der Waals surface area contributed by atoms with Crippen molar-refractivity contribution in [3.63, 3.8) is 0 Å². The van der Waals surface area contributed by atoms with Gasteiger partial charge in [-0.25, -0.2) is 4.98 Å². The lowest BCUT2D eigenvalue weighted by molar-refractivity contribution is -0.130. The number of halogens is 1. The number of anilines is 1.